The van der Waals surface area contributed by atoms with Crippen molar-refractivity contribution in [3.05, 3.63) is 58.1 Å². The zero-order valence-electron chi connectivity index (χ0n) is 18.6. The van der Waals surface area contributed by atoms with Gasteiger partial charge in [-0.3, -0.25) is 14.5 Å². The number of carbonyl (C=O) groups is 2. The molecule has 7 nitrogen and oxygen atoms in total. The van der Waals surface area contributed by atoms with Crippen LogP contribution in [0.25, 0.3) is 0 Å². The number of rotatable bonds is 7. The van der Waals surface area contributed by atoms with Crippen molar-refractivity contribution < 1.29 is 23.8 Å². The van der Waals surface area contributed by atoms with Crippen LogP contribution in [0.1, 0.15) is 29.5 Å². The normalized spacial score (nSPS) is 20.6. The minimum atomic E-state index is -0.677. The second kappa shape index (κ2) is 8.63. The van der Waals surface area contributed by atoms with E-state index in [-0.39, 0.29) is 5.91 Å². The van der Waals surface area contributed by atoms with Gasteiger partial charge in [0.15, 0.2) is 5.60 Å². The first-order valence-electron chi connectivity index (χ1n) is 11.2. The van der Waals surface area contributed by atoms with Crippen molar-refractivity contribution >= 4 is 29.7 Å². The molecule has 174 valence electrons. The summed E-state index contributed by atoms with van der Waals surface area (Å²) in [7, 11) is 0. The Morgan fingerprint density at radius 3 is 2.61 bits per heavy atom. The van der Waals surface area contributed by atoms with Crippen LogP contribution in [0.2, 0.25) is 5.02 Å². The predicted molar refractivity (Wildman–Crippen MR) is 124 cm³/mol. The lowest BCUT2D eigenvalue weighted by atomic mass is 9.73. The van der Waals surface area contributed by atoms with Crippen molar-refractivity contribution in [2.24, 2.45) is 0 Å². The molecule has 2 saturated heterocycles. The molecule has 2 aromatic rings. The van der Waals surface area contributed by atoms with Crippen LogP contribution in [0.5, 0.6) is 5.75 Å². The van der Waals surface area contributed by atoms with Crippen LogP contribution >= 0.6 is 11.6 Å². The fourth-order valence-electron chi connectivity index (χ4n) is 5.24. The maximum Gasteiger partial charge on any atom is 0.294 e. The van der Waals surface area contributed by atoms with Crippen LogP contribution in [0.15, 0.2) is 36.4 Å². The van der Waals surface area contributed by atoms with Gasteiger partial charge in [0.1, 0.15) is 12.4 Å². The summed E-state index contributed by atoms with van der Waals surface area (Å²) < 4.78 is 16.6. The fourth-order valence-corrected chi connectivity index (χ4v) is 5.41. The first-order valence-corrected chi connectivity index (χ1v) is 11.6. The number of aryl methyl sites for hydroxylation is 1. The smallest absolute Gasteiger partial charge is 0.294 e. The number of nitrogens with zero attached hydrogens (tertiary/aromatic N) is 1. The molecule has 0 bridgehead atoms. The summed E-state index contributed by atoms with van der Waals surface area (Å²) in [6.07, 6.45) is 1.53. The Morgan fingerprint density at radius 2 is 1.94 bits per heavy atom. The third-order valence-corrected chi connectivity index (χ3v) is 7.43. The van der Waals surface area contributed by atoms with Gasteiger partial charge in [0, 0.05) is 22.8 Å². The first-order chi connectivity index (χ1) is 16.0. The van der Waals surface area contributed by atoms with E-state index in [4.69, 9.17) is 25.8 Å². The highest BCUT2D eigenvalue weighted by Gasteiger charge is 2.48. The van der Waals surface area contributed by atoms with Gasteiger partial charge in [-0.15, -0.1) is 0 Å². The molecule has 1 spiro atoms. The monoisotopic (exact) mass is 470 g/mol. The fraction of sp³-hybridized carbons (Fsp3) is 0.440. The summed E-state index contributed by atoms with van der Waals surface area (Å²) in [5.41, 5.74) is 2.71. The molecule has 0 radical (unpaired) electrons. The summed E-state index contributed by atoms with van der Waals surface area (Å²) in [6, 6.07) is 11.5. The Morgan fingerprint density at radius 1 is 1.15 bits per heavy atom. The van der Waals surface area contributed by atoms with Gasteiger partial charge in [0.05, 0.1) is 18.6 Å². The van der Waals surface area contributed by atoms with Crippen molar-refractivity contribution in [1.29, 1.82) is 0 Å². The van der Waals surface area contributed by atoms with Gasteiger partial charge >= 0.3 is 0 Å². The van der Waals surface area contributed by atoms with E-state index in [1.807, 2.05) is 43.3 Å². The summed E-state index contributed by atoms with van der Waals surface area (Å²) in [4.78, 5) is 26.0. The number of fused-ring (bicyclic) bond motifs is 2. The zero-order valence-corrected chi connectivity index (χ0v) is 19.3. The average molecular weight is 471 g/mol. The number of benzene rings is 2. The number of anilines is 1. The van der Waals surface area contributed by atoms with Gasteiger partial charge in [-0.1, -0.05) is 17.7 Å². The van der Waals surface area contributed by atoms with E-state index < -0.39 is 11.0 Å². The topological polar surface area (TPSA) is 77.1 Å². The molecule has 1 N–H and O–H groups in total. The Bertz CT molecular complexity index is 1080. The van der Waals surface area contributed by atoms with Gasteiger partial charge in [0.2, 0.25) is 5.91 Å². The van der Waals surface area contributed by atoms with E-state index >= 15 is 0 Å². The molecule has 1 amide bonds. The summed E-state index contributed by atoms with van der Waals surface area (Å²) in [6.45, 7) is 6.20. The lowest BCUT2D eigenvalue weighted by Gasteiger charge is -2.40. The van der Waals surface area contributed by atoms with E-state index in [0.717, 1.165) is 60.6 Å². The lowest BCUT2D eigenvalue weighted by Crippen LogP contribution is -2.49. The lowest BCUT2D eigenvalue weighted by molar-refractivity contribution is -0.207. The van der Waals surface area contributed by atoms with Crippen LogP contribution in [-0.2, 0) is 30.1 Å². The van der Waals surface area contributed by atoms with Gasteiger partial charge in [-0.05, 0) is 74.3 Å². The highest BCUT2D eigenvalue weighted by molar-refractivity contribution is 6.31. The molecule has 0 atom stereocenters. The van der Waals surface area contributed by atoms with Crippen LogP contribution in [0, 0.1) is 6.92 Å². The number of nitrogens with one attached hydrogen (secondary N) is 1. The number of amides is 1. The van der Waals surface area contributed by atoms with Crippen molar-refractivity contribution in [3.8, 4) is 5.75 Å². The average Bonchev–Trinajstić information content (AvgIpc) is 3.03. The van der Waals surface area contributed by atoms with Gasteiger partial charge < -0.3 is 19.5 Å². The highest BCUT2D eigenvalue weighted by atomic mass is 35.5. The van der Waals surface area contributed by atoms with Crippen molar-refractivity contribution in [3.63, 3.8) is 0 Å². The molecule has 0 saturated carbocycles. The minimum Gasteiger partial charge on any atom is -0.492 e. The maximum atomic E-state index is 12.8. The largest absolute Gasteiger partial charge is 0.492 e. The number of likely N-dealkylation sites (tertiary alicyclic amines) is 1. The predicted octanol–water partition coefficient (Wildman–Crippen LogP) is 3.41. The summed E-state index contributed by atoms with van der Waals surface area (Å²) in [5.74, 6) is 0.865. The molecular weight excluding hydrogens is 444 g/mol. The highest BCUT2D eigenvalue weighted by Crippen LogP contribution is 2.45. The molecule has 3 heterocycles. The number of hydrogen-bond donors (Lipinski definition) is 1. The van der Waals surface area contributed by atoms with E-state index in [9.17, 15) is 9.59 Å². The first kappa shape index (κ1) is 22.2. The van der Waals surface area contributed by atoms with E-state index in [1.54, 1.807) is 0 Å². The minimum absolute atomic E-state index is 0.0828. The molecule has 8 heteroatoms. The van der Waals surface area contributed by atoms with Crippen LogP contribution in [0.3, 0.4) is 0 Å². The standard InChI is InChI=1S/C25H27ClN2O5/c1-17-12-19(3-4-20(17)25(33-16-29)14-31-15-25)32-11-10-28-8-6-24(7-9-28)21-13-18(26)2-5-22(21)27-23(24)30/h2-5,12-13,16H,6-11,14-15H2,1H3,(H,27,30). The van der Waals surface area contributed by atoms with E-state index in [0.29, 0.717) is 31.3 Å². The van der Waals surface area contributed by atoms with Crippen molar-refractivity contribution in [2.45, 2.75) is 30.8 Å². The molecule has 33 heavy (non-hydrogen) atoms. The molecular formula is C25H27ClN2O5. The Balaban J connectivity index is 1.16. The van der Waals surface area contributed by atoms with Crippen molar-refractivity contribution in [1.82, 2.24) is 4.90 Å². The van der Waals surface area contributed by atoms with Crippen LogP contribution < -0.4 is 10.1 Å². The molecule has 0 aliphatic carbocycles. The second-order valence-corrected chi connectivity index (χ2v) is 9.53. The Kier molecular flexibility index (Phi) is 5.80. The second-order valence-electron chi connectivity index (χ2n) is 9.09. The molecule has 0 aromatic heterocycles. The quantitative estimate of drug-likeness (QED) is 0.625. The summed E-state index contributed by atoms with van der Waals surface area (Å²) in [5, 5.41) is 3.69. The van der Waals surface area contributed by atoms with Crippen LogP contribution in [0.4, 0.5) is 5.69 Å². The van der Waals surface area contributed by atoms with Crippen molar-refractivity contribution in [2.75, 3.05) is 44.8 Å². The van der Waals surface area contributed by atoms with Gasteiger partial charge in [0.25, 0.3) is 6.47 Å². The third kappa shape index (κ3) is 3.88. The maximum absolute atomic E-state index is 12.8. The zero-order chi connectivity index (χ0) is 23.1. The SMILES string of the molecule is Cc1cc(OCCN2CCC3(CC2)C(=O)Nc2ccc(Cl)cc23)ccc1C1(OC=O)COC1. The van der Waals surface area contributed by atoms with E-state index in [1.165, 1.54) is 0 Å². The molecule has 2 aromatic carbocycles. The summed E-state index contributed by atoms with van der Waals surface area (Å²) >= 11 is 6.21. The molecule has 3 aliphatic rings. The number of hydrogen-bond acceptors (Lipinski definition) is 6. The van der Waals surface area contributed by atoms with Gasteiger partial charge in [-0.2, -0.15) is 0 Å². The Labute approximate surface area is 197 Å². The van der Waals surface area contributed by atoms with E-state index in [2.05, 4.69) is 10.2 Å². The number of piperidine rings is 1. The number of halogens is 1. The third-order valence-electron chi connectivity index (χ3n) is 7.20. The number of ether oxygens (including phenoxy) is 3. The number of carbonyl (C=O) groups excluding carboxylic acids is 2. The molecule has 0 unspecified atom stereocenters. The molecule has 3 aliphatic heterocycles. The van der Waals surface area contributed by atoms with Gasteiger partial charge in [-0.25, -0.2) is 0 Å². The molecule has 5 rings (SSSR count). The molecule has 2 fully saturated rings. The van der Waals surface area contributed by atoms with Crippen LogP contribution in [-0.4, -0.2) is 56.7 Å². The Hall–Kier alpha value is -2.61.